The van der Waals surface area contributed by atoms with Crippen LogP contribution in [0.4, 0.5) is 0 Å². The monoisotopic (exact) mass is 919 g/mol. The first-order valence-electron chi connectivity index (χ1n) is 19.8. The number of hydrogen-bond acceptors (Lipinski definition) is 5. The molecule has 0 saturated heterocycles. The average molecular weight is 919 g/mol. The van der Waals surface area contributed by atoms with Gasteiger partial charge in [0.15, 0.2) is 5.78 Å². The quantitative estimate of drug-likeness (QED) is 0.0796. The molecule has 3 aromatic heterocycles. The number of aliphatic hydroxyl groups is 1. The van der Waals surface area contributed by atoms with Gasteiger partial charge in [-0.3, -0.25) is 9.78 Å². The molecule has 3 heterocycles. The van der Waals surface area contributed by atoms with Crippen LogP contribution in [0.2, 0.25) is 0 Å². The Balaban J connectivity index is 0.000000320. The molecular weight excluding hydrogens is 859 g/mol. The number of furan rings is 2. The molecule has 0 unspecified atom stereocenters. The van der Waals surface area contributed by atoms with Crippen LogP contribution in [0.5, 0.6) is 0 Å². The Bertz CT molecular complexity index is 2290. The Morgan fingerprint density at radius 2 is 1.51 bits per heavy atom. The summed E-state index contributed by atoms with van der Waals surface area (Å²) < 4.78 is 12.0. The van der Waals surface area contributed by atoms with Gasteiger partial charge in [-0.15, -0.1) is 29.1 Å². The SMILES string of the molecule is CCC(C)(CC)C(=O)/C=C(\O)C(C)(CC)CC.Cc1cc2c(-c3ccc4occ(CC(C)C)c4c3)cc(-c3[c-]c4ccccc4c(C(C)(C)C)c3)nc2o1.[Ir]. The Labute approximate surface area is 342 Å². The molecule has 0 amide bonds. The van der Waals surface area contributed by atoms with Crippen LogP contribution in [0.1, 0.15) is 119 Å². The van der Waals surface area contributed by atoms with Crippen molar-refractivity contribution in [2.24, 2.45) is 16.7 Å². The van der Waals surface area contributed by atoms with E-state index in [0.717, 1.165) is 76.6 Å². The smallest absolute Gasteiger partial charge is 0.219 e. The summed E-state index contributed by atoms with van der Waals surface area (Å²) in [5.74, 6) is 1.69. The minimum atomic E-state index is -0.337. The molecule has 3 aromatic carbocycles. The van der Waals surface area contributed by atoms with E-state index in [2.05, 4.69) is 101 Å². The zero-order valence-electron chi connectivity index (χ0n) is 35.0. The molecule has 0 atom stereocenters. The van der Waals surface area contributed by atoms with E-state index in [1.165, 1.54) is 28.0 Å². The molecule has 1 radical (unpaired) electrons. The average Bonchev–Trinajstić information content (AvgIpc) is 3.74. The summed E-state index contributed by atoms with van der Waals surface area (Å²) in [6.45, 7) is 25.3. The summed E-state index contributed by atoms with van der Waals surface area (Å²) in [6, 6.07) is 25.1. The van der Waals surface area contributed by atoms with Gasteiger partial charge < -0.3 is 13.9 Å². The van der Waals surface area contributed by atoms with Gasteiger partial charge >= 0.3 is 0 Å². The van der Waals surface area contributed by atoms with Gasteiger partial charge in [-0.05, 0) is 85.3 Å². The van der Waals surface area contributed by atoms with Crippen LogP contribution in [0, 0.1) is 29.7 Å². The number of aliphatic hydroxyl groups excluding tert-OH is 1. The summed E-state index contributed by atoms with van der Waals surface area (Å²) in [4.78, 5) is 17.2. The molecule has 0 spiro atoms. The Morgan fingerprint density at radius 1 is 0.855 bits per heavy atom. The number of pyridine rings is 1. The third-order valence-corrected chi connectivity index (χ3v) is 11.7. The number of benzene rings is 3. The molecule has 0 saturated carbocycles. The van der Waals surface area contributed by atoms with Crippen LogP contribution >= 0.6 is 0 Å². The number of rotatable bonds is 11. The fourth-order valence-corrected chi connectivity index (χ4v) is 7.03. The zero-order chi connectivity index (χ0) is 39.6. The topological polar surface area (TPSA) is 76.5 Å². The van der Waals surface area contributed by atoms with Crippen LogP contribution in [-0.4, -0.2) is 15.9 Å². The zero-order valence-corrected chi connectivity index (χ0v) is 37.4. The Hall–Kier alpha value is -3.99. The van der Waals surface area contributed by atoms with E-state index in [9.17, 15) is 9.90 Å². The van der Waals surface area contributed by atoms with Gasteiger partial charge in [0.2, 0.25) is 5.71 Å². The van der Waals surface area contributed by atoms with Gasteiger partial charge in [0.25, 0.3) is 0 Å². The van der Waals surface area contributed by atoms with Crippen molar-refractivity contribution in [1.82, 2.24) is 4.98 Å². The van der Waals surface area contributed by atoms with Crippen LogP contribution in [0.15, 0.2) is 87.6 Å². The molecule has 0 aliphatic rings. The van der Waals surface area contributed by atoms with Crippen molar-refractivity contribution in [3.05, 3.63) is 102 Å². The largest absolute Gasteiger partial charge is 0.512 e. The first-order chi connectivity index (χ1) is 25.5. The van der Waals surface area contributed by atoms with Crippen molar-refractivity contribution in [2.45, 2.75) is 121 Å². The molecule has 0 aliphatic carbocycles. The summed E-state index contributed by atoms with van der Waals surface area (Å²) in [6.07, 6.45) is 7.65. The molecule has 0 bridgehead atoms. The molecule has 6 aromatic rings. The second-order valence-electron chi connectivity index (χ2n) is 17.0. The number of aryl methyl sites for hydroxylation is 1. The van der Waals surface area contributed by atoms with Crippen molar-refractivity contribution in [3.63, 3.8) is 0 Å². The number of ketones is 1. The van der Waals surface area contributed by atoms with Crippen molar-refractivity contribution in [1.29, 1.82) is 0 Å². The normalized spacial score (nSPS) is 12.6. The summed E-state index contributed by atoms with van der Waals surface area (Å²) in [7, 11) is 0. The second kappa shape index (κ2) is 17.4. The predicted octanol–water partition coefficient (Wildman–Crippen LogP) is 14.3. The van der Waals surface area contributed by atoms with Gasteiger partial charge in [-0.1, -0.05) is 117 Å². The van der Waals surface area contributed by atoms with E-state index in [1.807, 2.05) is 54.7 Å². The Kier molecular flexibility index (Phi) is 13.9. The van der Waals surface area contributed by atoms with Crippen molar-refractivity contribution >= 4 is 38.6 Å². The number of allylic oxidation sites excluding steroid dienone is 2. The van der Waals surface area contributed by atoms with E-state index in [1.54, 1.807) is 0 Å². The second-order valence-corrected chi connectivity index (χ2v) is 17.0. The molecular formula is C49H60IrNO4-. The van der Waals surface area contributed by atoms with Gasteiger partial charge in [0.05, 0.1) is 6.26 Å². The summed E-state index contributed by atoms with van der Waals surface area (Å²) >= 11 is 0. The Morgan fingerprint density at radius 3 is 2.13 bits per heavy atom. The van der Waals surface area contributed by atoms with Crippen LogP contribution in [-0.2, 0) is 36.7 Å². The van der Waals surface area contributed by atoms with Gasteiger partial charge in [0.1, 0.15) is 17.1 Å². The first-order valence-corrected chi connectivity index (χ1v) is 19.8. The fourth-order valence-electron chi connectivity index (χ4n) is 7.03. The van der Waals surface area contributed by atoms with Crippen molar-refractivity contribution in [2.75, 3.05) is 0 Å². The maximum atomic E-state index is 12.2. The number of hydrogen-bond donors (Lipinski definition) is 1. The first kappa shape index (κ1) is 43.7. The molecule has 0 aliphatic heterocycles. The number of nitrogens with zero attached hydrogens (tertiary/aromatic N) is 1. The van der Waals surface area contributed by atoms with Gasteiger partial charge in [-0.25, -0.2) is 0 Å². The molecule has 5 nitrogen and oxygen atoms in total. The molecule has 55 heavy (non-hydrogen) atoms. The van der Waals surface area contributed by atoms with E-state index in [4.69, 9.17) is 13.8 Å². The van der Waals surface area contributed by atoms with Crippen LogP contribution in [0.3, 0.4) is 0 Å². The van der Waals surface area contributed by atoms with Gasteiger partial charge in [0, 0.05) is 53.5 Å². The third-order valence-electron chi connectivity index (χ3n) is 11.7. The van der Waals surface area contributed by atoms with Crippen LogP contribution < -0.4 is 0 Å². The maximum Gasteiger partial charge on any atom is 0.219 e. The van der Waals surface area contributed by atoms with Crippen molar-refractivity contribution in [3.8, 4) is 22.4 Å². The minimum absolute atomic E-state index is 0. The predicted molar refractivity (Wildman–Crippen MR) is 226 cm³/mol. The van der Waals surface area contributed by atoms with Gasteiger partial charge in [-0.2, -0.15) is 0 Å². The number of fused-ring (bicyclic) bond motifs is 3. The van der Waals surface area contributed by atoms with Crippen LogP contribution in [0.25, 0.3) is 55.2 Å². The molecule has 6 heteroatoms. The molecule has 6 rings (SSSR count). The molecule has 295 valence electrons. The van der Waals surface area contributed by atoms with E-state index in [-0.39, 0.29) is 47.9 Å². The number of carbonyl (C=O) groups excluding carboxylic acids is 1. The standard InChI is InChI=1S/C34H32NO2.C15H28O2.Ir/c1-20(2)13-25-19-36-32-12-11-23(16-28(25)32)27-18-31(35-33-29(27)14-21(3)37-33)24-15-22-9-7-8-10-26(22)30(17-24)34(4,5)6;1-7-14(5,8-2)12(16)11-13(17)15(6,9-3)10-4;/h7-12,14,16-20H,13H2,1-6H3;11,16H,7-10H2,1-6H3;/q-1;;/b;12-11-;. The number of carbonyl (C=O) groups is 1. The fraction of sp³-hybridized carbons (Fsp3) is 0.429. The molecule has 1 N–H and O–H groups in total. The van der Waals surface area contributed by atoms with E-state index in [0.29, 0.717) is 11.6 Å². The summed E-state index contributed by atoms with van der Waals surface area (Å²) in [5.41, 5.74) is 7.57. The molecule has 0 fully saturated rings. The summed E-state index contributed by atoms with van der Waals surface area (Å²) in [5, 5.41) is 14.7. The third kappa shape index (κ3) is 9.35. The minimum Gasteiger partial charge on any atom is -0.512 e. The number of aromatic nitrogens is 1. The van der Waals surface area contributed by atoms with Crippen molar-refractivity contribution < 1.29 is 38.8 Å². The van der Waals surface area contributed by atoms with E-state index < -0.39 is 0 Å². The maximum absolute atomic E-state index is 12.2. The van der Waals surface area contributed by atoms with E-state index >= 15 is 0 Å².